The lowest BCUT2D eigenvalue weighted by molar-refractivity contribution is -0.120. The average Bonchev–Trinajstić information content (AvgIpc) is 3.19. The van der Waals surface area contributed by atoms with Crippen molar-refractivity contribution in [3.63, 3.8) is 0 Å². The Labute approximate surface area is 171 Å². The van der Waals surface area contributed by atoms with Gasteiger partial charge in [-0.05, 0) is 44.4 Å². The van der Waals surface area contributed by atoms with Crippen molar-refractivity contribution in [2.75, 3.05) is 18.4 Å². The van der Waals surface area contributed by atoms with Gasteiger partial charge in [0.25, 0.3) is 10.0 Å². The Kier molecular flexibility index (Phi) is 5.93. The number of carbonyl (C=O) groups excluding carboxylic acids is 1. The quantitative estimate of drug-likeness (QED) is 0.773. The minimum atomic E-state index is -3.66. The van der Waals surface area contributed by atoms with Crippen molar-refractivity contribution in [2.45, 2.75) is 30.9 Å². The Morgan fingerprint density at radius 2 is 2.11 bits per heavy atom. The molecule has 1 saturated heterocycles. The molecule has 1 amide bonds. The van der Waals surface area contributed by atoms with Crippen molar-refractivity contribution in [1.82, 2.24) is 4.31 Å². The monoisotopic (exact) mass is 443 g/mol. The highest BCUT2D eigenvalue weighted by molar-refractivity contribution is 7.91. The number of rotatable bonds is 4. The number of piperidine rings is 1. The van der Waals surface area contributed by atoms with Gasteiger partial charge >= 0.3 is 0 Å². The Morgan fingerprint density at radius 1 is 1.37 bits per heavy atom. The number of aryl methyl sites for hydroxylation is 1. The van der Waals surface area contributed by atoms with E-state index in [9.17, 15) is 18.5 Å². The number of hydrogen-bond acceptors (Lipinski definition) is 6. The summed E-state index contributed by atoms with van der Waals surface area (Å²) < 4.78 is 27.5. The molecule has 3 rings (SSSR count). The zero-order valence-electron chi connectivity index (χ0n) is 14.8. The van der Waals surface area contributed by atoms with Crippen LogP contribution in [0.4, 0.5) is 5.00 Å². The summed E-state index contributed by atoms with van der Waals surface area (Å²) in [6.45, 7) is 4.25. The Bertz CT molecular complexity index is 1020. The van der Waals surface area contributed by atoms with E-state index >= 15 is 0 Å². The Morgan fingerprint density at radius 3 is 2.74 bits per heavy atom. The summed E-state index contributed by atoms with van der Waals surface area (Å²) in [6, 6.07) is 5.17. The van der Waals surface area contributed by atoms with Gasteiger partial charge in [0, 0.05) is 18.0 Å². The fourth-order valence-corrected chi connectivity index (χ4v) is 7.18. The zero-order chi connectivity index (χ0) is 19.8. The van der Waals surface area contributed by atoms with E-state index in [1.165, 1.54) is 21.7 Å². The lowest BCUT2D eigenvalue weighted by atomic mass is 9.99. The van der Waals surface area contributed by atoms with E-state index < -0.39 is 15.9 Å². The van der Waals surface area contributed by atoms with Crippen LogP contribution in [-0.2, 0) is 14.8 Å². The molecular formula is C17H18ClN3O3S3. The molecule has 1 fully saturated rings. The summed E-state index contributed by atoms with van der Waals surface area (Å²) in [5.41, 5.74) is 1.33. The standard InChI is InChI=1S/C17H18ClN3O3S3/c1-10-11(2)25-17(13(10)8-19)20-16(22)12-4-3-7-21(9-12)27(23,24)15-6-5-14(18)26-15/h5-6,12H,3-4,7,9H2,1-2H3,(H,20,22)/t12-/m1/s1. The van der Waals surface area contributed by atoms with Crippen LogP contribution in [0.15, 0.2) is 16.3 Å². The van der Waals surface area contributed by atoms with Crippen molar-refractivity contribution in [1.29, 1.82) is 5.26 Å². The van der Waals surface area contributed by atoms with E-state index in [1.54, 1.807) is 6.07 Å². The molecule has 10 heteroatoms. The number of halogens is 1. The van der Waals surface area contributed by atoms with Crippen molar-refractivity contribution in [3.8, 4) is 6.07 Å². The SMILES string of the molecule is Cc1sc(NC(=O)[C@@H]2CCCN(S(=O)(=O)c3ccc(Cl)s3)C2)c(C#N)c1C. The Balaban J connectivity index is 1.76. The summed E-state index contributed by atoms with van der Waals surface area (Å²) >= 11 is 8.24. The number of anilines is 1. The molecule has 1 aliphatic heterocycles. The van der Waals surface area contributed by atoms with E-state index in [0.717, 1.165) is 21.8 Å². The van der Waals surface area contributed by atoms with Crippen LogP contribution in [0.1, 0.15) is 28.8 Å². The number of carbonyl (C=O) groups is 1. The maximum absolute atomic E-state index is 12.8. The summed E-state index contributed by atoms with van der Waals surface area (Å²) in [6.07, 6.45) is 1.21. The van der Waals surface area contributed by atoms with E-state index in [4.69, 9.17) is 11.6 Å². The number of amides is 1. The topological polar surface area (TPSA) is 90.3 Å². The maximum atomic E-state index is 12.8. The largest absolute Gasteiger partial charge is 0.316 e. The highest BCUT2D eigenvalue weighted by Crippen LogP contribution is 2.34. The number of nitrogens with zero attached hydrogens (tertiary/aromatic N) is 2. The molecule has 2 aromatic rings. The van der Waals surface area contributed by atoms with Crippen molar-refractivity contribution >= 4 is 55.2 Å². The molecule has 0 aliphatic carbocycles. The molecule has 0 unspecified atom stereocenters. The molecule has 1 aliphatic rings. The highest BCUT2D eigenvalue weighted by atomic mass is 35.5. The first kappa shape index (κ1) is 20.3. The third kappa shape index (κ3) is 4.05. The summed E-state index contributed by atoms with van der Waals surface area (Å²) in [4.78, 5) is 13.7. The van der Waals surface area contributed by atoms with Crippen LogP contribution in [0.2, 0.25) is 4.34 Å². The third-order valence-electron chi connectivity index (χ3n) is 4.63. The molecular weight excluding hydrogens is 426 g/mol. The third-order valence-corrected chi connectivity index (χ3v) is 9.32. The summed E-state index contributed by atoms with van der Waals surface area (Å²) in [7, 11) is -3.66. The predicted molar refractivity (Wildman–Crippen MR) is 108 cm³/mol. The molecule has 0 saturated carbocycles. The molecule has 2 aromatic heterocycles. The summed E-state index contributed by atoms with van der Waals surface area (Å²) in [5.74, 6) is -0.713. The van der Waals surface area contributed by atoms with E-state index in [2.05, 4.69) is 11.4 Å². The van der Waals surface area contributed by atoms with Gasteiger partial charge in [0.05, 0.1) is 15.8 Å². The highest BCUT2D eigenvalue weighted by Gasteiger charge is 2.34. The molecule has 0 bridgehead atoms. The van der Waals surface area contributed by atoms with Gasteiger partial charge in [-0.2, -0.15) is 9.57 Å². The first-order chi connectivity index (χ1) is 12.7. The maximum Gasteiger partial charge on any atom is 0.252 e. The second-order valence-corrected chi connectivity index (χ2v) is 11.5. The molecule has 0 aromatic carbocycles. The first-order valence-corrected chi connectivity index (χ1v) is 11.8. The summed E-state index contributed by atoms with van der Waals surface area (Å²) in [5, 5.41) is 12.7. The first-order valence-electron chi connectivity index (χ1n) is 8.30. The number of nitriles is 1. The lowest BCUT2D eigenvalue weighted by Gasteiger charge is -2.30. The minimum Gasteiger partial charge on any atom is -0.316 e. The Hall–Kier alpha value is -1.44. The molecule has 6 nitrogen and oxygen atoms in total. The van der Waals surface area contributed by atoms with Crippen LogP contribution in [0, 0.1) is 31.1 Å². The van der Waals surface area contributed by atoms with Crippen LogP contribution in [0.25, 0.3) is 0 Å². The van der Waals surface area contributed by atoms with Gasteiger partial charge in [0.15, 0.2) is 0 Å². The van der Waals surface area contributed by atoms with Gasteiger partial charge in [-0.3, -0.25) is 4.79 Å². The molecule has 27 heavy (non-hydrogen) atoms. The van der Waals surface area contributed by atoms with Crippen LogP contribution >= 0.6 is 34.3 Å². The van der Waals surface area contributed by atoms with E-state index in [0.29, 0.717) is 34.3 Å². The van der Waals surface area contributed by atoms with Gasteiger partial charge in [-0.1, -0.05) is 11.6 Å². The van der Waals surface area contributed by atoms with Crippen molar-refractivity contribution in [2.24, 2.45) is 5.92 Å². The van der Waals surface area contributed by atoms with E-state index in [-0.39, 0.29) is 16.7 Å². The second kappa shape index (κ2) is 7.89. The normalized spacial score (nSPS) is 18.2. The molecule has 3 heterocycles. The predicted octanol–water partition coefficient (Wildman–Crippen LogP) is 3.99. The van der Waals surface area contributed by atoms with Gasteiger partial charge in [-0.15, -0.1) is 22.7 Å². The zero-order valence-corrected chi connectivity index (χ0v) is 18.0. The van der Waals surface area contributed by atoms with Crippen LogP contribution in [-0.4, -0.2) is 31.7 Å². The minimum absolute atomic E-state index is 0.120. The number of thiophene rings is 2. The van der Waals surface area contributed by atoms with Crippen LogP contribution in [0.3, 0.4) is 0 Å². The lowest BCUT2D eigenvalue weighted by Crippen LogP contribution is -2.43. The van der Waals surface area contributed by atoms with Gasteiger partial charge < -0.3 is 5.32 Å². The fourth-order valence-electron chi connectivity index (χ4n) is 3.00. The van der Waals surface area contributed by atoms with Gasteiger partial charge in [0.1, 0.15) is 15.3 Å². The number of sulfonamides is 1. The fraction of sp³-hybridized carbons (Fsp3) is 0.412. The van der Waals surface area contributed by atoms with E-state index in [1.807, 2.05) is 13.8 Å². The van der Waals surface area contributed by atoms with Crippen LogP contribution in [0.5, 0.6) is 0 Å². The molecule has 1 atom stereocenters. The number of nitrogens with one attached hydrogen (secondary N) is 1. The smallest absolute Gasteiger partial charge is 0.252 e. The molecule has 0 spiro atoms. The van der Waals surface area contributed by atoms with Crippen molar-refractivity contribution in [3.05, 3.63) is 32.5 Å². The molecule has 0 radical (unpaired) electrons. The average molecular weight is 444 g/mol. The number of hydrogen-bond donors (Lipinski definition) is 1. The second-order valence-electron chi connectivity index (χ2n) is 6.35. The van der Waals surface area contributed by atoms with Crippen LogP contribution < -0.4 is 5.32 Å². The van der Waals surface area contributed by atoms with Gasteiger partial charge in [-0.25, -0.2) is 8.42 Å². The van der Waals surface area contributed by atoms with Crippen molar-refractivity contribution < 1.29 is 13.2 Å². The molecule has 144 valence electrons. The molecule has 1 N–H and O–H groups in total. The van der Waals surface area contributed by atoms with Gasteiger partial charge in [0.2, 0.25) is 5.91 Å².